The Hall–Kier alpha value is -0.580. The minimum Gasteiger partial charge on any atom is -0.396 e. The fraction of sp³-hybridized carbons (Fsp3) is 0.364. The predicted molar refractivity (Wildman–Crippen MR) is 67.6 cm³/mol. The fourth-order valence-corrected chi connectivity index (χ4v) is 3.50. The maximum atomic E-state index is 8.97. The van der Waals surface area contributed by atoms with Gasteiger partial charge in [-0.2, -0.15) is 11.8 Å². The van der Waals surface area contributed by atoms with E-state index in [9.17, 15) is 0 Å². The second-order valence-electron chi connectivity index (χ2n) is 3.26. The first-order valence-corrected chi connectivity index (χ1v) is 6.94. The molecule has 0 unspecified atom stereocenters. The average Bonchev–Trinajstić information content (AvgIpc) is 2.69. The van der Waals surface area contributed by atoms with E-state index in [1.54, 1.807) is 23.1 Å². The van der Waals surface area contributed by atoms with E-state index >= 15 is 0 Å². The lowest BCUT2D eigenvalue weighted by atomic mass is 10.3. The van der Waals surface area contributed by atoms with Crippen molar-refractivity contribution in [2.24, 2.45) is 0 Å². The molecule has 1 atom stereocenters. The molecule has 1 aromatic heterocycles. The third-order valence-electron chi connectivity index (χ3n) is 2.26. The summed E-state index contributed by atoms with van der Waals surface area (Å²) in [7, 11) is 0. The topological polar surface area (TPSA) is 33.1 Å². The molecule has 1 heterocycles. The van der Waals surface area contributed by atoms with Gasteiger partial charge in [-0.15, -0.1) is 11.3 Å². The first-order valence-electron chi connectivity index (χ1n) is 4.84. The minimum atomic E-state index is 0.224. The van der Waals surface area contributed by atoms with Crippen LogP contribution in [0.25, 0.3) is 10.2 Å². The van der Waals surface area contributed by atoms with Crippen LogP contribution in [0.1, 0.15) is 16.7 Å². The Morgan fingerprint density at radius 1 is 1.47 bits per heavy atom. The highest BCUT2D eigenvalue weighted by Gasteiger charge is 2.14. The number of aliphatic hydroxyl groups excluding tert-OH is 1. The van der Waals surface area contributed by atoms with Crippen LogP contribution in [0.3, 0.4) is 0 Å². The van der Waals surface area contributed by atoms with Gasteiger partial charge < -0.3 is 5.11 Å². The molecule has 0 saturated carbocycles. The summed E-state index contributed by atoms with van der Waals surface area (Å²) in [5, 5.41) is 10.4. The molecular formula is C11H13NOS2. The lowest BCUT2D eigenvalue weighted by Gasteiger charge is -2.08. The van der Waals surface area contributed by atoms with Gasteiger partial charge in [-0.3, -0.25) is 0 Å². The van der Waals surface area contributed by atoms with E-state index in [4.69, 9.17) is 5.11 Å². The number of nitrogens with zero attached hydrogens (tertiary/aromatic N) is 1. The van der Waals surface area contributed by atoms with Crippen molar-refractivity contribution in [1.82, 2.24) is 4.98 Å². The highest BCUT2D eigenvalue weighted by molar-refractivity contribution is 7.98. The van der Waals surface area contributed by atoms with Crippen molar-refractivity contribution in [2.75, 3.05) is 12.9 Å². The lowest BCUT2D eigenvalue weighted by Crippen LogP contribution is -1.95. The van der Waals surface area contributed by atoms with Gasteiger partial charge in [0.2, 0.25) is 0 Å². The van der Waals surface area contributed by atoms with E-state index in [-0.39, 0.29) is 6.61 Å². The number of thiazole rings is 1. The molecule has 80 valence electrons. The van der Waals surface area contributed by atoms with Gasteiger partial charge in [-0.05, 0) is 24.8 Å². The molecule has 0 aliphatic rings. The van der Waals surface area contributed by atoms with Gasteiger partial charge in [-0.1, -0.05) is 12.1 Å². The van der Waals surface area contributed by atoms with Gasteiger partial charge in [0, 0.05) is 6.61 Å². The summed E-state index contributed by atoms with van der Waals surface area (Å²) in [6.45, 7) is 0.224. The molecule has 2 rings (SSSR count). The molecule has 0 aliphatic heterocycles. The summed E-state index contributed by atoms with van der Waals surface area (Å²) in [5.74, 6) is 0. The molecule has 4 heteroatoms. The van der Waals surface area contributed by atoms with Crippen molar-refractivity contribution < 1.29 is 5.11 Å². The molecule has 0 saturated heterocycles. The normalized spacial score (nSPS) is 13.2. The number of aliphatic hydroxyl groups is 1. The summed E-state index contributed by atoms with van der Waals surface area (Å²) in [5.41, 5.74) is 1.06. The number of benzene rings is 1. The molecule has 0 radical (unpaired) electrons. The van der Waals surface area contributed by atoms with Crippen molar-refractivity contribution in [2.45, 2.75) is 11.7 Å². The highest BCUT2D eigenvalue weighted by atomic mass is 32.2. The number of hydrogen-bond donors (Lipinski definition) is 1. The molecule has 1 N–H and O–H groups in total. The number of aromatic nitrogens is 1. The van der Waals surface area contributed by atoms with E-state index < -0.39 is 0 Å². The monoisotopic (exact) mass is 239 g/mol. The van der Waals surface area contributed by atoms with Crippen LogP contribution in [0, 0.1) is 0 Å². The van der Waals surface area contributed by atoms with Crippen LogP contribution in [-0.4, -0.2) is 23.0 Å². The molecule has 15 heavy (non-hydrogen) atoms. The molecule has 1 aromatic carbocycles. The second kappa shape index (κ2) is 4.96. The summed E-state index contributed by atoms with van der Waals surface area (Å²) < 4.78 is 1.23. The summed E-state index contributed by atoms with van der Waals surface area (Å²) >= 11 is 3.48. The van der Waals surface area contributed by atoms with Gasteiger partial charge >= 0.3 is 0 Å². The molecule has 2 aromatic rings. The van der Waals surface area contributed by atoms with Crippen LogP contribution in [-0.2, 0) is 0 Å². The van der Waals surface area contributed by atoms with Crippen LogP contribution in [0.5, 0.6) is 0 Å². The van der Waals surface area contributed by atoms with Crippen molar-refractivity contribution in [1.29, 1.82) is 0 Å². The Morgan fingerprint density at radius 2 is 2.27 bits per heavy atom. The second-order valence-corrected chi connectivity index (χ2v) is 5.36. The zero-order chi connectivity index (χ0) is 10.7. The molecule has 0 fully saturated rings. The third-order valence-corrected chi connectivity index (χ3v) is 4.59. The Morgan fingerprint density at radius 3 is 2.93 bits per heavy atom. The molecular weight excluding hydrogens is 226 g/mol. The first kappa shape index (κ1) is 10.9. The van der Waals surface area contributed by atoms with Crippen LogP contribution >= 0.6 is 23.1 Å². The number of thioether (sulfide) groups is 1. The third kappa shape index (κ3) is 2.33. The Kier molecular flexibility index (Phi) is 3.61. The largest absolute Gasteiger partial charge is 0.396 e. The van der Waals surface area contributed by atoms with Gasteiger partial charge in [0.05, 0.1) is 15.5 Å². The SMILES string of the molecule is CS[C@@H](CCO)c1nc2ccccc2s1. The molecule has 0 bridgehead atoms. The summed E-state index contributed by atoms with van der Waals surface area (Å²) in [4.78, 5) is 4.59. The minimum absolute atomic E-state index is 0.224. The Bertz CT molecular complexity index is 408. The summed E-state index contributed by atoms with van der Waals surface area (Å²) in [6.07, 6.45) is 2.84. The number of para-hydroxylation sites is 1. The smallest absolute Gasteiger partial charge is 0.107 e. The van der Waals surface area contributed by atoms with Gasteiger partial charge in [0.25, 0.3) is 0 Å². The molecule has 0 spiro atoms. The average molecular weight is 239 g/mol. The number of fused-ring (bicyclic) bond motifs is 1. The molecule has 2 nitrogen and oxygen atoms in total. The van der Waals surface area contributed by atoms with E-state index in [1.165, 1.54) is 4.70 Å². The predicted octanol–water partition coefficient (Wildman–Crippen LogP) is 3.08. The quantitative estimate of drug-likeness (QED) is 0.890. The molecule has 0 aliphatic carbocycles. The van der Waals surface area contributed by atoms with Gasteiger partial charge in [-0.25, -0.2) is 4.98 Å². The number of rotatable bonds is 4. The van der Waals surface area contributed by atoms with Crippen molar-refractivity contribution in [3.8, 4) is 0 Å². The Balaban J connectivity index is 2.34. The van der Waals surface area contributed by atoms with Crippen molar-refractivity contribution in [3.05, 3.63) is 29.3 Å². The fourth-order valence-electron chi connectivity index (χ4n) is 1.49. The zero-order valence-corrected chi connectivity index (χ0v) is 10.1. The van der Waals surface area contributed by atoms with E-state index in [0.29, 0.717) is 5.25 Å². The maximum absolute atomic E-state index is 8.97. The van der Waals surface area contributed by atoms with Crippen LogP contribution in [0.2, 0.25) is 0 Å². The lowest BCUT2D eigenvalue weighted by molar-refractivity contribution is 0.287. The number of hydrogen-bond acceptors (Lipinski definition) is 4. The van der Waals surface area contributed by atoms with E-state index in [0.717, 1.165) is 16.9 Å². The summed E-state index contributed by atoms with van der Waals surface area (Å²) in [6, 6.07) is 8.16. The van der Waals surface area contributed by atoms with E-state index in [1.807, 2.05) is 18.2 Å². The molecule has 0 amide bonds. The van der Waals surface area contributed by atoms with E-state index in [2.05, 4.69) is 17.3 Å². The van der Waals surface area contributed by atoms with Crippen molar-refractivity contribution >= 4 is 33.3 Å². The highest BCUT2D eigenvalue weighted by Crippen LogP contribution is 2.35. The Labute approximate surface area is 97.4 Å². The van der Waals surface area contributed by atoms with Crippen LogP contribution in [0.4, 0.5) is 0 Å². The van der Waals surface area contributed by atoms with Crippen molar-refractivity contribution in [3.63, 3.8) is 0 Å². The van der Waals surface area contributed by atoms with Crippen LogP contribution in [0.15, 0.2) is 24.3 Å². The van der Waals surface area contributed by atoms with Gasteiger partial charge in [0.1, 0.15) is 5.01 Å². The first-order chi connectivity index (χ1) is 7.35. The zero-order valence-electron chi connectivity index (χ0n) is 8.51. The maximum Gasteiger partial charge on any atom is 0.107 e. The van der Waals surface area contributed by atoms with Crippen LogP contribution < -0.4 is 0 Å². The standard InChI is InChI=1S/C11H13NOS2/c1-14-10(6-7-13)11-12-8-4-2-3-5-9(8)15-11/h2-5,10,13H,6-7H2,1H3/t10-/m0/s1. The van der Waals surface area contributed by atoms with Gasteiger partial charge in [0.15, 0.2) is 0 Å².